The lowest BCUT2D eigenvalue weighted by Crippen LogP contribution is -2.50. The molecule has 20 heavy (non-hydrogen) atoms. The van der Waals surface area contributed by atoms with E-state index >= 15 is 0 Å². The standard InChI is InChI=1S/C15H28N2O3/c1-4-6-15(14(19)20)7-5-8-17(11-15)10-13(18)16-9-12(2)3/h12H,4-11H2,1-3H3,(H,16,18)(H,19,20). The second kappa shape index (κ2) is 7.62. The third kappa shape index (κ3) is 4.78. The van der Waals surface area contributed by atoms with Crippen LogP contribution < -0.4 is 5.32 Å². The van der Waals surface area contributed by atoms with E-state index in [2.05, 4.69) is 19.2 Å². The van der Waals surface area contributed by atoms with E-state index < -0.39 is 11.4 Å². The lowest BCUT2D eigenvalue weighted by Gasteiger charge is -2.39. The summed E-state index contributed by atoms with van der Waals surface area (Å²) in [6.07, 6.45) is 3.12. The van der Waals surface area contributed by atoms with E-state index in [1.807, 2.05) is 11.8 Å². The van der Waals surface area contributed by atoms with E-state index in [1.165, 1.54) is 0 Å². The second-order valence-corrected chi connectivity index (χ2v) is 6.35. The summed E-state index contributed by atoms with van der Waals surface area (Å²) >= 11 is 0. The van der Waals surface area contributed by atoms with E-state index in [0.717, 1.165) is 25.8 Å². The zero-order valence-electron chi connectivity index (χ0n) is 12.9. The number of piperidine rings is 1. The molecular formula is C15H28N2O3. The number of amides is 1. The van der Waals surface area contributed by atoms with Crippen LogP contribution in [0, 0.1) is 11.3 Å². The molecule has 1 fully saturated rings. The Labute approximate surface area is 121 Å². The van der Waals surface area contributed by atoms with Crippen molar-refractivity contribution in [2.45, 2.75) is 46.5 Å². The Morgan fingerprint density at radius 2 is 2.10 bits per heavy atom. The van der Waals surface area contributed by atoms with Crippen LogP contribution in [0.15, 0.2) is 0 Å². The van der Waals surface area contributed by atoms with Crippen molar-refractivity contribution >= 4 is 11.9 Å². The van der Waals surface area contributed by atoms with Crippen molar-refractivity contribution in [2.75, 3.05) is 26.2 Å². The van der Waals surface area contributed by atoms with Gasteiger partial charge in [0.15, 0.2) is 0 Å². The Hall–Kier alpha value is -1.10. The van der Waals surface area contributed by atoms with Crippen LogP contribution in [0.25, 0.3) is 0 Å². The number of likely N-dealkylation sites (tertiary alicyclic amines) is 1. The zero-order valence-corrected chi connectivity index (χ0v) is 12.9. The van der Waals surface area contributed by atoms with Crippen LogP contribution in [0.4, 0.5) is 0 Å². The summed E-state index contributed by atoms with van der Waals surface area (Å²) in [5.41, 5.74) is -0.661. The Morgan fingerprint density at radius 1 is 1.40 bits per heavy atom. The smallest absolute Gasteiger partial charge is 0.310 e. The van der Waals surface area contributed by atoms with Gasteiger partial charge in [-0.25, -0.2) is 0 Å². The van der Waals surface area contributed by atoms with Gasteiger partial charge < -0.3 is 10.4 Å². The molecule has 116 valence electrons. The van der Waals surface area contributed by atoms with Crippen molar-refractivity contribution in [3.63, 3.8) is 0 Å². The number of hydrogen-bond donors (Lipinski definition) is 2. The minimum atomic E-state index is -0.716. The number of hydrogen-bond acceptors (Lipinski definition) is 3. The topological polar surface area (TPSA) is 69.6 Å². The number of rotatable bonds is 7. The highest BCUT2D eigenvalue weighted by Gasteiger charge is 2.41. The third-order valence-corrected chi connectivity index (χ3v) is 3.91. The molecule has 1 aliphatic heterocycles. The number of nitrogens with one attached hydrogen (secondary N) is 1. The molecule has 1 unspecified atom stereocenters. The van der Waals surface area contributed by atoms with Gasteiger partial charge in [0.2, 0.25) is 5.91 Å². The minimum Gasteiger partial charge on any atom is -0.481 e. The predicted molar refractivity (Wildman–Crippen MR) is 78.5 cm³/mol. The molecule has 0 aromatic rings. The van der Waals surface area contributed by atoms with E-state index in [1.54, 1.807) is 0 Å². The van der Waals surface area contributed by atoms with E-state index in [0.29, 0.717) is 32.0 Å². The van der Waals surface area contributed by atoms with Gasteiger partial charge in [-0.1, -0.05) is 27.2 Å². The summed E-state index contributed by atoms with van der Waals surface area (Å²) in [7, 11) is 0. The van der Waals surface area contributed by atoms with Gasteiger partial charge in [0.1, 0.15) is 0 Å². The molecule has 0 radical (unpaired) electrons. The van der Waals surface area contributed by atoms with Gasteiger partial charge in [-0.3, -0.25) is 14.5 Å². The number of carbonyl (C=O) groups excluding carboxylic acids is 1. The van der Waals surface area contributed by atoms with Crippen molar-refractivity contribution in [3.8, 4) is 0 Å². The number of aliphatic carboxylic acids is 1. The van der Waals surface area contributed by atoms with Crippen LogP contribution in [0.3, 0.4) is 0 Å². The van der Waals surface area contributed by atoms with Crippen molar-refractivity contribution < 1.29 is 14.7 Å². The Kier molecular flexibility index (Phi) is 6.46. The first-order chi connectivity index (χ1) is 9.39. The first-order valence-corrected chi connectivity index (χ1v) is 7.62. The minimum absolute atomic E-state index is 0.00335. The van der Waals surface area contributed by atoms with Gasteiger partial charge in [-0.2, -0.15) is 0 Å². The van der Waals surface area contributed by atoms with Crippen LogP contribution in [0.5, 0.6) is 0 Å². The maximum atomic E-state index is 11.9. The average molecular weight is 284 g/mol. The monoisotopic (exact) mass is 284 g/mol. The predicted octanol–water partition coefficient (Wildman–Crippen LogP) is 1.73. The largest absolute Gasteiger partial charge is 0.481 e. The summed E-state index contributed by atoms with van der Waals surface area (Å²) in [4.78, 5) is 25.4. The Morgan fingerprint density at radius 3 is 2.65 bits per heavy atom. The fraction of sp³-hybridized carbons (Fsp3) is 0.867. The molecule has 0 aliphatic carbocycles. The summed E-state index contributed by atoms with van der Waals surface area (Å²) in [6, 6.07) is 0. The van der Waals surface area contributed by atoms with Crippen molar-refractivity contribution in [1.29, 1.82) is 0 Å². The third-order valence-electron chi connectivity index (χ3n) is 3.91. The first kappa shape index (κ1) is 17.0. The molecule has 0 aromatic heterocycles. The van der Waals surface area contributed by atoms with Gasteiger partial charge in [-0.05, 0) is 31.7 Å². The quantitative estimate of drug-likeness (QED) is 0.747. The van der Waals surface area contributed by atoms with Crippen LogP contribution >= 0.6 is 0 Å². The molecule has 5 nitrogen and oxygen atoms in total. The molecule has 1 amide bonds. The highest BCUT2D eigenvalue weighted by atomic mass is 16.4. The molecule has 0 bridgehead atoms. The van der Waals surface area contributed by atoms with Gasteiger partial charge in [0.05, 0.1) is 12.0 Å². The summed E-state index contributed by atoms with van der Waals surface area (Å²) in [5.74, 6) is -0.290. The van der Waals surface area contributed by atoms with Crippen molar-refractivity contribution in [3.05, 3.63) is 0 Å². The molecule has 0 aromatic carbocycles. The molecule has 1 heterocycles. The van der Waals surface area contributed by atoms with Crippen molar-refractivity contribution in [1.82, 2.24) is 10.2 Å². The molecular weight excluding hydrogens is 256 g/mol. The molecule has 1 aliphatic rings. The summed E-state index contributed by atoms with van der Waals surface area (Å²) < 4.78 is 0. The maximum Gasteiger partial charge on any atom is 0.310 e. The summed E-state index contributed by atoms with van der Waals surface area (Å²) in [6.45, 7) is 8.41. The van der Waals surface area contributed by atoms with Crippen LogP contribution in [-0.2, 0) is 9.59 Å². The Bertz CT molecular complexity index is 340. The molecule has 5 heteroatoms. The SMILES string of the molecule is CCCC1(C(=O)O)CCCN(CC(=O)NCC(C)C)C1. The van der Waals surface area contributed by atoms with E-state index in [-0.39, 0.29) is 5.91 Å². The number of carbonyl (C=O) groups is 2. The normalized spacial score (nSPS) is 23.8. The number of carboxylic acids is 1. The highest BCUT2D eigenvalue weighted by Crippen LogP contribution is 2.34. The fourth-order valence-electron chi connectivity index (χ4n) is 2.90. The zero-order chi connectivity index (χ0) is 15.2. The number of carboxylic acid groups (broad SMARTS) is 1. The average Bonchev–Trinajstić information content (AvgIpc) is 2.37. The van der Waals surface area contributed by atoms with Crippen LogP contribution in [0.2, 0.25) is 0 Å². The molecule has 1 saturated heterocycles. The number of nitrogens with zero attached hydrogens (tertiary/aromatic N) is 1. The van der Waals surface area contributed by atoms with Crippen molar-refractivity contribution in [2.24, 2.45) is 11.3 Å². The second-order valence-electron chi connectivity index (χ2n) is 6.35. The Balaban J connectivity index is 2.55. The molecule has 0 saturated carbocycles. The molecule has 1 atom stereocenters. The maximum absolute atomic E-state index is 11.9. The van der Waals surface area contributed by atoms with Crippen LogP contribution in [0.1, 0.15) is 46.5 Å². The lowest BCUT2D eigenvalue weighted by atomic mass is 9.76. The lowest BCUT2D eigenvalue weighted by molar-refractivity contribution is -0.154. The van der Waals surface area contributed by atoms with Gasteiger partial charge in [0, 0.05) is 13.1 Å². The highest BCUT2D eigenvalue weighted by molar-refractivity contribution is 5.78. The van der Waals surface area contributed by atoms with E-state index in [9.17, 15) is 14.7 Å². The fourth-order valence-corrected chi connectivity index (χ4v) is 2.90. The van der Waals surface area contributed by atoms with Crippen LogP contribution in [-0.4, -0.2) is 48.1 Å². The molecule has 1 rings (SSSR count). The van der Waals surface area contributed by atoms with E-state index in [4.69, 9.17) is 0 Å². The molecule has 0 spiro atoms. The van der Waals surface area contributed by atoms with Gasteiger partial charge >= 0.3 is 5.97 Å². The van der Waals surface area contributed by atoms with Gasteiger partial charge in [-0.15, -0.1) is 0 Å². The molecule has 2 N–H and O–H groups in total. The first-order valence-electron chi connectivity index (χ1n) is 7.62. The van der Waals surface area contributed by atoms with Gasteiger partial charge in [0.25, 0.3) is 0 Å². The summed E-state index contributed by atoms with van der Waals surface area (Å²) in [5, 5.41) is 12.4.